The number of alkyl halides is 2. The van der Waals surface area contributed by atoms with Gasteiger partial charge in [-0.25, -0.2) is 13.5 Å². The Labute approximate surface area is 183 Å². The molecule has 0 amide bonds. The Morgan fingerprint density at radius 3 is 2.50 bits per heavy atom. The predicted octanol–water partition coefficient (Wildman–Crippen LogP) is 3.91. The smallest absolute Gasteiger partial charge is 0.314 e. The number of nitrogens with one attached hydrogen (secondary N) is 1. The lowest BCUT2D eigenvalue weighted by atomic mass is 10.1. The molecule has 0 unspecified atom stereocenters. The second kappa shape index (κ2) is 8.70. The molecule has 2 aromatic heterocycles. The third-order valence-corrected chi connectivity index (χ3v) is 4.40. The Balaban J connectivity index is 1.56. The van der Waals surface area contributed by atoms with Crippen molar-refractivity contribution in [3.63, 3.8) is 0 Å². The van der Waals surface area contributed by atoms with Gasteiger partial charge < -0.3 is 15.5 Å². The standard InChI is InChI=1S/C19H13F4N7OS/c20-13-5-10(17-27-28-18(31-17)16(22)23)6-14(21)12(13)7-30-8-15(26-29-30)9-2-1-3-11(4-9)25-19(24)32/h1-6,8,16H,7H2,(H3,24,25,32). The summed E-state index contributed by atoms with van der Waals surface area (Å²) < 4.78 is 60.3. The fourth-order valence-electron chi connectivity index (χ4n) is 2.89. The Hall–Kier alpha value is -3.87. The van der Waals surface area contributed by atoms with Gasteiger partial charge in [-0.15, -0.1) is 15.3 Å². The highest BCUT2D eigenvalue weighted by Gasteiger charge is 2.20. The number of thiocarbonyl (C=S) groups is 1. The molecule has 4 aromatic rings. The second-order valence-electron chi connectivity index (χ2n) is 6.54. The number of aromatic nitrogens is 5. The second-order valence-corrected chi connectivity index (χ2v) is 6.98. The number of halogens is 4. The summed E-state index contributed by atoms with van der Waals surface area (Å²) >= 11 is 4.81. The molecule has 0 saturated heterocycles. The molecule has 0 fully saturated rings. The van der Waals surface area contributed by atoms with Crippen LogP contribution in [0.15, 0.2) is 47.0 Å². The molecular formula is C19H13F4N7OS. The molecule has 0 radical (unpaired) electrons. The maximum absolute atomic E-state index is 14.6. The zero-order valence-corrected chi connectivity index (χ0v) is 16.8. The van der Waals surface area contributed by atoms with Gasteiger partial charge in [0.15, 0.2) is 5.11 Å². The van der Waals surface area contributed by atoms with Gasteiger partial charge in [-0.3, -0.25) is 0 Å². The lowest BCUT2D eigenvalue weighted by molar-refractivity contribution is 0.116. The van der Waals surface area contributed by atoms with Crippen molar-refractivity contribution in [1.29, 1.82) is 0 Å². The molecule has 0 spiro atoms. The molecule has 3 N–H and O–H groups in total. The Morgan fingerprint density at radius 1 is 1.09 bits per heavy atom. The minimum atomic E-state index is -2.99. The number of hydrogen-bond donors (Lipinski definition) is 2. The summed E-state index contributed by atoms with van der Waals surface area (Å²) in [5, 5.41) is 17.4. The maximum atomic E-state index is 14.6. The fourth-order valence-corrected chi connectivity index (χ4v) is 3.00. The number of nitrogens with zero attached hydrogens (tertiary/aromatic N) is 5. The molecule has 164 valence electrons. The van der Waals surface area contributed by atoms with Gasteiger partial charge in [-0.05, 0) is 36.5 Å². The highest BCUT2D eigenvalue weighted by molar-refractivity contribution is 7.80. The highest BCUT2D eigenvalue weighted by Crippen LogP contribution is 2.27. The first-order valence-corrected chi connectivity index (χ1v) is 9.38. The predicted molar refractivity (Wildman–Crippen MR) is 110 cm³/mol. The average Bonchev–Trinajstić information content (AvgIpc) is 3.40. The highest BCUT2D eigenvalue weighted by atomic mass is 32.1. The van der Waals surface area contributed by atoms with E-state index in [-0.39, 0.29) is 22.8 Å². The summed E-state index contributed by atoms with van der Waals surface area (Å²) in [7, 11) is 0. The van der Waals surface area contributed by atoms with Crippen LogP contribution in [0.25, 0.3) is 22.7 Å². The summed E-state index contributed by atoms with van der Waals surface area (Å²) in [5.41, 5.74) is 6.78. The third-order valence-electron chi connectivity index (χ3n) is 4.30. The van der Waals surface area contributed by atoms with Crippen LogP contribution < -0.4 is 11.1 Å². The first-order valence-electron chi connectivity index (χ1n) is 8.97. The van der Waals surface area contributed by atoms with Gasteiger partial charge in [-0.1, -0.05) is 17.3 Å². The van der Waals surface area contributed by atoms with Crippen LogP contribution in [-0.4, -0.2) is 30.3 Å². The summed E-state index contributed by atoms with van der Waals surface area (Å²) in [4.78, 5) is 0. The normalized spacial score (nSPS) is 11.2. The van der Waals surface area contributed by atoms with Crippen molar-refractivity contribution in [2.24, 2.45) is 5.73 Å². The SMILES string of the molecule is NC(=S)Nc1cccc(-c2cn(Cc3c(F)cc(-c4nnc(C(F)F)o4)cc3F)nn2)c1. The topological polar surface area (TPSA) is 108 Å². The zero-order chi connectivity index (χ0) is 22.8. The summed E-state index contributed by atoms with van der Waals surface area (Å²) in [5.74, 6) is -3.22. The number of hydrogen-bond acceptors (Lipinski definition) is 6. The van der Waals surface area contributed by atoms with E-state index in [4.69, 9.17) is 22.4 Å². The Morgan fingerprint density at radius 2 is 1.84 bits per heavy atom. The molecule has 8 nitrogen and oxygen atoms in total. The molecule has 2 heterocycles. The van der Waals surface area contributed by atoms with E-state index in [0.29, 0.717) is 16.9 Å². The Bertz CT molecular complexity index is 1270. The van der Waals surface area contributed by atoms with Crippen LogP contribution in [0.1, 0.15) is 17.9 Å². The number of nitrogens with two attached hydrogens (primary N) is 1. The van der Waals surface area contributed by atoms with Crippen molar-refractivity contribution in [2.75, 3.05) is 5.32 Å². The average molecular weight is 463 g/mol. The van der Waals surface area contributed by atoms with Crippen LogP contribution in [0.4, 0.5) is 23.2 Å². The van der Waals surface area contributed by atoms with Gasteiger partial charge in [0.25, 0.3) is 5.89 Å². The van der Waals surface area contributed by atoms with Crippen molar-refractivity contribution >= 4 is 23.0 Å². The maximum Gasteiger partial charge on any atom is 0.314 e. The molecule has 0 saturated carbocycles. The molecule has 0 atom stereocenters. The monoisotopic (exact) mass is 463 g/mol. The van der Waals surface area contributed by atoms with Crippen molar-refractivity contribution < 1.29 is 22.0 Å². The summed E-state index contributed by atoms with van der Waals surface area (Å²) in [6.07, 6.45) is -1.48. The Kier molecular flexibility index (Phi) is 5.81. The molecule has 0 bridgehead atoms. The van der Waals surface area contributed by atoms with Crippen molar-refractivity contribution in [3.05, 3.63) is 65.7 Å². The van der Waals surface area contributed by atoms with Crippen LogP contribution >= 0.6 is 12.2 Å². The first kappa shape index (κ1) is 21.4. The van der Waals surface area contributed by atoms with Gasteiger partial charge in [0.05, 0.1) is 12.7 Å². The molecule has 13 heteroatoms. The molecule has 0 aliphatic rings. The quantitative estimate of drug-likeness (QED) is 0.327. The molecule has 0 aliphatic heterocycles. The van der Waals surface area contributed by atoms with E-state index in [1.54, 1.807) is 24.3 Å². The first-order chi connectivity index (χ1) is 15.3. The van der Waals surface area contributed by atoms with Gasteiger partial charge in [0.1, 0.15) is 17.3 Å². The number of rotatable bonds is 6. The van der Waals surface area contributed by atoms with E-state index in [2.05, 4.69) is 25.8 Å². The van der Waals surface area contributed by atoms with Crippen LogP contribution in [0, 0.1) is 11.6 Å². The number of anilines is 1. The van der Waals surface area contributed by atoms with Crippen molar-refractivity contribution in [3.8, 4) is 22.7 Å². The van der Waals surface area contributed by atoms with E-state index in [1.165, 1.54) is 10.9 Å². The lowest BCUT2D eigenvalue weighted by Gasteiger charge is -2.06. The van der Waals surface area contributed by atoms with E-state index < -0.39 is 29.8 Å². The van der Waals surface area contributed by atoms with Crippen LogP contribution in [0.2, 0.25) is 0 Å². The number of benzene rings is 2. The molecule has 32 heavy (non-hydrogen) atoms. The van der Waals surface area contributed by atoms with E-state index in [1.807, 2.05) is 0 Å². The molecule has 2 aromatic carbocycles. The van der Waals surface area contributed by atoms with Crippen LogP contribution in [0.5, 0.6) is 0 Å². The van der Waals surface area contributed by atoms with E-state index in [9.17, 15) is 17.6 Å². The van der Waals surface area contributed by atoms with Gasteiger partial charge >= 0.3 is 6.43 Å². The van der Waals surface area contributed by atoms with Gasteiger partial charge in [0, 0.05) is 22.4 Å². The fraction of sp³-hybridized carbons (Fsp3) is 0.105. The lowest BCUT2D eigenvalue weighted by Crippen LogP contribution is -2.18. The third kappa shape index (κ3) is 4.56. The summed E-state index contributed by atoms with van der Waals surface area (Å²) in [6.45, 7) is -0.262. The minimum Gasteiger partial charge on any atom is -0.415 e. The van der Waals surface area contributed by atoms with Crippen molar-refractivity contribution in [1.82, 2.24) is 25.2 Å². The zero-order valence-electron chi connectivity index (χ0n) is 16.0. The van der Waals surface area contributed by atoms with Gasteiger partial charge in [-0.2, -0.15) is 8.78 Å². The molecule has 4 rings (SSSR count). The van der Waals surface area contributed by atoms with Crippen molar-refractivity contribution in [2.45, 2.75) is 13.0 Å². The van der Waals surface area contributed by atoms with Crippen LogP contribution in [-0.2, 0) is 6.54 Å². The van der Waals surface area contributed by atoms with Crippen LogP contribution in [0.3, 0.4) is 0 Å². The summed E-state index contributed by atoms with van der Waals surface area (Å²) in [6, 6.07) is 8.86. The molecular weight excluding hydrogens is 450 g/mol. The minimum absolute atomic E-state index is 0.103. The molecule has 0 aliphatic carbocycles. The van der Waals surface area contributed by atoms with Gasteiger partial charge in [0.2, 0.25) is 5.89 Å². The van der Waals surface area contributed by atoms with E-state index >= 15 is 0 Å². The largest absolute Gasteiger partial charge is 0.415 e. The van der Waals surface area contributed by atoms with E-state index in [0.717, 1.165) is 12.1 Å².